The van der Waals surface area contributed by atoms with Crippen LogP contribution in [-0.2, 0) is 5.41 Å². The Labute approximate surface area is 130 Å². The fourth-order valence-corrected chi connectivity index (χ4v) is 2.57. The molecule has 0 N–H and O–H groups in total. The monoisotopic (exact) mass is 304 g/mol. The third-order valence-electron chi connectivity index (χ3n) is 2.92. The Bertz CT molecular complexity index is 528. The molecule has 0 aliphatic carbocycles. The Kier molecular flexibility index (Phi) is 5.78. The molecule has 115 valence electrons. The molecule has 0 spiro atoms. The molecule has 0 saturated carbocycles. The van der Waals surface area contributed by atoms with Gasteiger partial charge in [-0.3, -0.25) is 4.79 Å². The second-order valence-corrected chi connectivity index (χ2v) is 8.61. The summed E-state index contributed by atoms with van der Waals surface area (Å²) in [7, 11) is 2.85. The van der Waals surface area contributed by atoms with Gasteiger partial charge in [-0.2, -0.15) is 0 Å². The maximum absolute atomic E-state index is 12.4. The Morgan fingerprint density at radius 3 is 2.33 bits per heavy atom. The first kappa shape index (κ1) is 17.5. The van der Waals surface area contributed by atoms with Crippen LogP contribution < -0.4 is 4.43 Å². The molecule has 1 radical (unpaired) electrons. The lowest BCUT2D eigenvalue weighted by Crippen LogP contribution is -2.20. The number of hydrogen-bond donors (Lipinski definition) is 0. The lowest BCUT2D eigenvalue weighted by Gasteiger charge is -2.25. The number of ketones is 1. The standard InChI is InChI=1S/C17H26NO2Si/c1-17(2,3)14-10-8-9-13(16(14)20-21(6)7)15(19)11-12-18(4)5/h8-12H,1-7H3/b12-11+. The summed E-state index contributed by atoms with van der Waals surface area (Å²) >= 11 is 0. The Balaban J connectivity index is 3.34. The van der Waals surface area contributed by atoms with Gasteiger partial charge >= 0.3 is 0 Å². The van der Waals surface area contributed by atoms with Crippen LogP contribution in [0.5, 0.6) is 5.75 Å². The first-order valence-corrected chi connectivity index (χ1v) is 9.54. The highest BCUT2D eigenvalue weighted by molar-refractivity contribution is 6.49. The van der Waals surface area contributed by atoms with Gasteiger partial charge in [0.15, 0.2) is 5.78 Å². The molecule has 0 atom stereocenters. The van der Waals surface area contributed by atoms with E-state index in [0.29, 0.717) is 5.56 Å². The summed E-state index contributed by atoms with van der Waals surface area (Å²) in [5.41, 5.74) is 1.67. The number of benzene rings is 1. The van der Waals surface area contributed by atoms with Gasteiger partial charge in [0, 0.05) is 26.4 Å². The van der Waals surface area contributed by atoms with Crippen LogP contribution in [-0.4, -0.2) is 33.8 Å². The highest BCUT2D eigenvalue weighted by atomic mass is 28.3. The third-order valence-corrected chi connectivity index (χ3v) is 3.53. The molecule has 0 aliphatic heterocycles. The summed E-state index contributed by atoms with van der Waals surface area (Å²) in [6.45, 7) is 10.6. The topological polar surface area (TPSA) is 29.5 Å². The molecule has 0 unspecified atom stereocenters. The molecule has 0 bridgehead atoms. The van der Waals surface area contributed by atoms with Crippen molar-refractivity contribution in [1.29, 1.82) is 0 Å². The molecule has 0 heterocycles. The van der Waals surface area contributed by atoms with Gasteiger partial charge in [0.2, 0.25) is 0 Å². The third kappa shape index (κ3) is 5.05. The molecule has 0 fully saturated rings. The summed E-state index contributed by atoms with van der Waals surface area (Å²) in [5.74, 6) is 0.727. The number of allylic oxidation sites excluding steroid dienone is 1. The van der Waals surface area contributed by atoms with Crippen molar-refractivity contribution in [3.63, 3.8) is 0 Å². The van der Waals surface area contributed by atoms with Crippen LogP contribution in [0.3, 0.4) is 0 Å². The smallest absolute Gasteiger partial charge is 0.274 e. The normalized spacial score (nSPS) is 12.0. The number of hydrogen-bond acceptors (Lipinski definition) is 3. The zero-order valence-electron chi connectivity index (χ0n) is 14.2. The van der Waals surface area contributed by atoms with Crippen LogP contribution in [0.1, 0.15) is 36.7 Å². The molecule has 0 aromatic heterocycles. The largest absolute Gasteiger partial charge is 0.542 e. The molecule has 3 nitrogen and oxygen atoms in total. The predicted molar refractivity (Wildman–Crippen MR) is 90.4 cm³/mol. The fourth-order valence-electron chi connectivity index (χ4n) is 1.94. The first-order valence-electron chi connectivity index (χ1n) is 7.13. The highest BCUT2D eigenvalue weighted by Gasteiger charge is 2.23. The van der Waals surface area contributed by atoms with Gasteiger partial charge in [0.1, 0.15) is 5.75 Å². The summed E-state index contributed by atoms with van der Waals surface area (Å²) < 4.78 is 6.06. The molecule has 0 aliphatic rings. The van der Waals surface area contributed by atoms with Crippen LogP contribution >= 0.6 is 0 Å². The van der Waals surface area contributed by atoms with Gasteiger partial charge in [-0.25, -0.2) is 0 Å². The minimum absolute atomic E-state index is 0.0203. The van der Waals surface area contributed by atoms with E-state index >= 15 is 0 Å². The molecule has 1 aromatic rings. The summed E-state index contributed by atoms with van der Waals surface area (Å²) in [5, 5.41) is 0. The second-order valence-electron chi connectivity index (χ2n) is 6.59. The van der Waals surface area contributed by atoms with E-state index in [0.717, 1.165) is 11.3 Å². The predicted octanol–water partition coefficient (Wildman–Crippen LogP) is 3.87. The highest BCUT2D eigenvalue weighted by Crippen LogP contribution is 2.34. The van der Waals surface area contributed by atoms with Gasteiger partial charge in [0.05, 0.1) is 5.56 Å². The first-order chi connectivity index (χ1) is 9.62. The van der Waals surface area contributed by atoms with Gasteiger partial charge in [0.25, 0.3) is 9.04 Å². The SMILES string of the molecule is CN(C)/C=C/C(=O)c1cccc(C(C)(C)C)c1O[Si](C)C. The summed E-state index contributed by atoms with van der Waals surface area (Å²) in [4.78, 5) is 14.3. The van der Waals surface area contributed by atoms with Gasteiger partial charge < -0.3 is 9.33 Å². The summed E-state index contributed by atoms with van der Waals surface area (Å²) in [6, 6.07) is 5.83. The lowest BCUT2D eigenvalue weighted by molar-refractivity contribution is 0.104. The molecular formula is C17H26NO2Si. The van der Waals surface area contributed by atoms with Crippen molar-refractivity contribution >= 4 is 14.8 Å². The summed E-state index contributed by atoms with van der Waals surface area (Å²) in [6.07, 6.45) is 3.35. The molecule has 1 rings (SSSR count). The van der Waals surface area contributed by atoms with Crippen molar-refractivity contribution in [3.05, 3.63) is 41.6 Å². The van der Waals surface area contributed by atoms with Gasteiger partial charge in [-0.05, 0) is 30.1 Å². The quantitative estimate of drug-likeness (QED) is 0.470. The Hall–Kier alpha value is -1.55. The van der Waals surface area contributed by atoms with Gasteiger partial charge in [-0.1, -0.05) is 32.9 Å². The number of carbonyl (C=O) groups is 1. The van der Waals surface area contributed by atoms with Crippen LogP contribution in [0.4, 0.5) is 0 Å². The van der Waals surface area contributed by atoms with Crippen LogP contribution in [0.2, 0.25) is 13.1 Å². The zero-order chi connectivity index (χ0) is 16.2. The maximum atomic E-state index is 12.4. The van der Waals surface area contributed by atoms with Crippen molar-refractivity contribution in [2.45, 2.75) is 39.3 Å². The van der Waals surface area contributed by atoms with E-state index in [9.17, 15) is 4.79 Å². The second kappa shape index (κ2) is 6.94. The van der Waals surface area contributed by atoms with E-state index in [1.807, 2.05) is 37.2 Å². The van der Waals surface area contributed by atoms with Crippen molar-refractivity contribution in [1.82, 2.24) is 4.90 Å². The zero-order valence-corrected chi connectivity index (χ0v) is 15.2. The van der Waals surface area contributed by atoms with E-state index in [1.54, 1.807) is 12.3 Å². The van der Waals surface area contributed by atoms with Crippen LogP contribution in [0.15, 0.2) is 30.5 Å². The number of para-hydroxylation sites is 1. The van der Waals surface area contributed by atoms with Crippen LogP contribution in [0.25, 0.3) is 0 Å². The van der Waals surface area contributed by atoms with E-state index in [2.05, 4.69) is 33.9 Å². The minimum Gasteiger partial charge on any atom is -0.542 e. The van der Waals surface area contributed by atoms with Gasteiger partial charge in [-0.15, -0.1) is 0 Å². The van der Waals surface area contributed by atoms with E-state index in [4.69, 9.17) is 4.43 Å². The number of carbonyl (C=O) groups excluding carboxylic acids is 1. The van der Waals surface area contributed by atoms with Crippen molar-refractivity contribution in [2.75, 3.05) is 14.1 Å². The number of nitrogens with zero attached hydrogens (tertiary/aromatic N) is 1. The van der Waals surface area contributed by atoms with Crippen molar-refractivity contribution < 1.29 is 9.22 Å². The van der Waals surface area contributed by atoms with Crippen molar-refractivity contribution in [2.24, 2.45) is 0 Å². The molecular weight excluding hydrogens is 278 g/mol. The Morgan fingerprint density at radius 1 is 1.24 bits per heavy atom. The molecule has 1 aromatic carbocycles. The molecule has 4 heteroatoms. The average Bonchev–Trinajstić information content (AvgIpc) is 2.34. The fraction of sp³-hybridized carbons (Fsp3) is 0.471. The molecule has 21 heavy (non-hydrogen) atoms. The molecule has 0 amide bonds. The Morgan fingerprint density at radius 2 is 1.86 bits per heavy atom. The minimum atomic E-state index is -0.941. The molecule has 0 saturated heterocycles. The van der Waals surface area contributed by atoms with E-state index in [-0.39, 0.29) is 11.2 Å². The number of rotatable bonds is 5. The van der Waals surface area contributed by atoms with E-state index in [1.165, 1.54) is 0 Å². The average molecular weight is 304 g/mol. The van der Waals surface area contributed by atoms with Crippen molar-refractivity contribution in [3.8, 4) is 5.75 Å². The van der Waals surface area contributed by atoms with Crippen LogP contribution in [0, 0.1) is 0 Å². The van der Waals surface area contributed by atoms with E-state index < -0.39 is 9.04 Å². The lowest BCUT2D eigenvalue weighted by atomic mass is 9.85. The maximum Gasteiger partial charge on any atom is 0.274 e.